The Morgan fingerprint density at radius 1 is 0.964 bits per heavy atom. The molecule has 0 radical (unpaired) electrons. The number of carbonyl (C=O) groups excluding carboxylic acids is 3. The van der Waals surface area contributed by atoms with Crippen molar-refractivity contribution in [2.24, 2.45) is 0 Å². The van der Waals surface area contributed by atoms with Gasteiger partial charge in [0.15, 0.2) is 0 Å². The largest absolute Gasteiger partial charge is 0.350 e. The zero-order valence-corrected chi connectivity index (χ0v) is 17.7. The first kappa shape index (κ1) is 22.5. The summed E-state index contributed by atoms with van der Waals surface area (Å²) in [7, 11) is 0. The van der Waals surface area contributed by atoms with Crippen LogP contribution in [0.1, 0.15) is 59.3 Å². The van der Waals surface area contributed by atoms with Crippen LogP contribution in [-0.2, 0) is 9.59 Å². The Kier molecular flexibility index (Phi) is 8.54. The predicted molar refractivity (Wildman–Crippen MR) is 109 cm³/mol. The van der Waals surface area contributed by atoms with Crippen LogP contribution in [0.25, 0.3) is 0 Å². The molecule has 1 heterocycles. The molecule has 8 heteroatoms. The fourth-order valence-corrected chi connectivity index (χ4v) is 3.74. The molecule has 0 bridgehead atoms. The molecular formula is C20H37N5O3. The lowest BCUT2D eigenvalue weighted by Crippen LogP contribution is -2.53. The number of hydrogen-bond donors (Lipinski definition) is 3. The molecule has 0 aromatic heterocycles. The van der Waals surface area contributed by atoms with E-state index < -0.39 is 0 Å². The van der Waals surface area contributed by atoms with Crippen molar-refractivity contribution >= 4 is 17.8 Å². The van der Waals surface area contributed by atoms with Crippen molar-refractivity contribution < 1.29 is 14.4 Å². The van der Waals surface area contributed by atoms with Gasteiger partial charge in [-0.1, -0.05) is 19.3 Å². The monoisotopic (exact) mass is 395 g/mol. The van der Waals surface area contributed by atoms with Gasteiger partial charge in [0, 0.05) is 50.7 Å². The Morgan fingerprint density at radius 3 is 2.21 bits per heavy atom. The fourth-order valence-electron chi connectivity index (χ4n) is 3.74. The minimum Gasteiger partial charge on any atom is -0.350 e. The number of nitrogens with one attached hydrogen (secondary N) is 3. The minimum atomic E-state index is -0.231. The molecule has 3 N–H and O–H groups in total. The van der Waals surface area contributed by atoms with Gasteiger partial charge in [-0.05, 0) is 33.6 Å². The molecule has 1 saturated carbocycles. The van der Waals surface area contributed by atoms with E-state index in [0.29, 0.717) is 45.7 Å². The maximum Gasteiger partial charge on any atom is 0.315 e. The van der Waals surface area contributed by atoms with Gasteiger partial charge in [0.25, 0.3) is 0 Å². The van der Waals surface area contributed by atoms with Crippen molar-refractivity contribution in [2.75, 3.05) is 39.3 Å². The molecule has 0 atom stereocenters. The zero-order chi connectivity index (χ0) is 20.6. The topological polar surface area (TPSA) is 93.8 Å². The highest BCUT2D eigenvalue weighted by atomic mass is 16.2. The summed E-state index contributed by atoms with van der Waals surface area (Å²) in [5, 5.41) is 8.75. The van der Waals surface area contributed by atoms with Gasteiger partial charge in [0.05, 0.1) is 6.54 Å². The highest BCUT2D eigenvalue weighted by molar-refractivity contribution is 5.79. The van der Waals surface area contributed by atoms with E-state index in [4.69, 9.17) is 0 Å². The molecule has 0 spiro atoms. The molecule has 2 fully saturated rings. The summed E-state index contributed by atoms with van der Waals surface area (Å²) < 4.78 is 0. The van der Waals surface area contributed by atoms with Crippen LogP contribution in [0.15, 0.2) is 0 Å². The molecule has 2 rings (SSSR count). The first-order valence-electron chi connectivity index (χ1n) is 10.6. The van der Waals surface area contributed by atoms with Crippen LogP contribution in [0.2, 0.25) is 0 Å². The van der Waals surface area contributed by atoms with E-state index in [-0.39, 0.29) is 29.4 Å². The Morgan fingerprint density at radius 2 is 1.61 bits per heavy atom. The molecule has 1 aliphatic heterocycles. The maximum absolute atomic E-state index is 12.3. The molecule has 8 nitrogen and oxygen atoms in total. The Labute approximate surface area is 168 Å². The predicted octanol–water partition coefficient (Wildman–Crippen LogP) is 1.07. The summed E-state index contributed by atoms with van der Waals surface area (Å²) in [6, 6.07) is 0.0994. The van der Waals surface area contributed by atoms with Gasteiger partial charge in [0.2, 0.25) is 11.8 Å². The Balaban J connectivity index is 1.58. The molecule has 1 saturated heterocycles. The van der Waals surface area contributed by atoms with E-state index in [1.807, 2.05) is 25.7 Å². The summed E-state index contributed by atoms with van der Waals surface area (Å²) in [4.78, 5) is 40.2. The molecule has 28 heavy (non-hydrogen) atoms. The summed E-state index contributed by atoms with van der Waals surface area (Å²) in [6.45, 7) is 9.23. The number of nitrogens with zero attached hydrogens (tertiary/aromatic N) is 2. The van der Waals surface area contributed by atoms with Crippen molar-refractivity contribution in [1.29, 1.82) is 0 Å². The highest BCUT2D eigenvalue weighted by Crippen LogP contribution is 2.17. The van der Waals surface area contributed by atoms with E-state index in [1.165, 1.54) is 19.3 Å². The van der Waals surface area contributed by atoms with E-state index in [9.17, 15) is 14.4 Å². The van der Waals surface area contributed by atoms with Crippen molar-refractivity contribution in [1.82, 2.24) is 25.8 Å². The normalized spacial score (nSPS) is 19.2. The van der Waals surface area contributed by atoms with Crippen molar-refractivity contribution in [2.45, 2.75) is 70.9 Å². The van der Waals surface area contributed by atoms with Crippen LogP contribution < -0.4 is 16.0 Å². The van der Waals surface area contributed by atoms with Crippen molar-refractivity contribution in [3.8, 4) is 0 Å². The van der Waals surface area contributed by atoms with E-state index in [1.54, 1.807) is 0 Å². The third-order valence-electron chi connectivity index (χ3n) is 5.17. The first-order valence-corrected chi connectivity index (χ1v) is 10.6. The van der Waals surface area contributed by atoms with Crippen LogP contribution >= 0.6 is 0 Å². The second-order valence-electron chi connectivity index (χ2n) is 8.94. The van der Waals surface area contributed by atoms with Gasteiger partial charge in [-0.3, -0.25) is 14.5 Å². The summed E-state index contributed by atoms with van der Waals surface area (Å²) in [5.74, 6) is 0.0669. The van der Waals surface area contributed by atoms with Gasteiger partial charge < -0.3 is 20.9 Å². The van der Waals surface area contributed by atoms with Gasteiger partial charge in [0.1, 0.15) is 0 Å². The Bertz CT molecular complexity index is 532. The maximum atomic E-state index is 12.3. The molecule has 4 amide bonds. The third-order valence-corrected chi connectivity index (χ3v) is 5.17. The zero-order valence-electron chi connectivity index (χ0n) is 17.7. The third kappa shape index (κ3) is 8.46. The van der Waals surface area contributed by atoms with Gasteiger partial charge in [-0.2, -0.15) is 0 Å². The standard InChI is InChI=1S/C20H37N5O3/c1-20(2,3)23-17(26)15-24-11-13-25(14-12-24)18(27)9-10-21-19(28)22-16-7-5-4-6-8-16/h16H,4-15H2,1-3H3,(H,23,26)(H2,21,22,28). The molecular weight excluding hydrogens is 358 g/mol. The smallest absolute Gasteiger partial charge is 0.315 e. The fraction of sp³-hybridized carbons (Fsp3) is 0.850. The van der Waals surface area contributed by atoms with Crippen LogP contribution in [0, 0.1) is 0 Å². The summed E-state index contributed by atoms with van der Waals surface area (Å²) in [5.41, 5.74) is -0.231. The Hall–Kier alpha value is -1.83. The number of piperazine rings is 1. The van der Waals surface area contributed by atoms with Crippen LogP contribution in [0.4, 0.5) is 4.79 Å². The molecule has 0 unspecified atom stereocenters. The molecule has 0 aromatic carbocycles. The summed E-state index contributed by atoms with van der Waals surface area (Å²) >= 11 is 0. The van der Waals surface area contributed by atoms with Gasteiger partial charge in [-0.25, -0.2) is 4.79 Å². The van der Waals surface area contributed by atoms with Gasteiger partial charge >= 0.3 is 6.03 Å². The minimum absolute atomic E-state index is 0.0143. The van der Waals surface area contributed by atoms with Crippen molar-refractivity contribution in [3.05, 3.63) is 0 Å². The lowest BCUT2D eigenvalue weighted by molar-refractivity contribution is -0.133. The second-order valence-corrected chi connectivity index (χ2v) is 8.94. The number of carbonyl (C=O) groups is 3. The number of urea groups is 1. The first-order chi connectivity index (χ1) is 13.2. The second kappa shape index (κ2) is 10.6. The molecule has 1 aliphatic carbocycles. The molecule has 0 aromatic rings. The van der Waals surface area contributed by atoms with Crippen molar-refractivity contribution in [3.63, 3.8) is 0 Å². The lowest BCUT2D eigenvalue weighted by Gasteiger charge is -2.35. The van der Waals surface area contributed by atoms with E-state index in [2.05, 4.69) is 20.9 Å². The average Bonchev–Trinajstić information content (AvgIpc) is 2.61. The van der Waals surface area contributed by atoms with Crippen LogP contribution in [-0.4, -0.2) is 78.5 Å². The van der Waals surface area contributed by atoms with E-state index >= 15 is 0 Å². The molecule has 2 aliphatic rings. The van der Waals surface area contributed by atoms with E-state index in [0.717, 1.165) is 12.8 Å². The van der Waals surface area contributed by atoms with Crippen LogP contribution in [0.3, 0.4) is 0 Å². The van der Waals surface area contributed by atoms with Gasteiger partial charge in [-0.15, -0.1) is 0 Å². The number of amides is 4. The highest BCUT2D eigenvalue weighted by Gasteiger charge is 2.23. The SMILES string of the molecule is CC(C)(C)NC(=O)CN1CCN(C(=O)CCNC(=O)NC2CCCCC2)CC1. The summed E-state index contributed by atoms with van der Waals surface area (Å²) in [6.07, 6.45) is 6.00. The quantitative estimate of drug-likeness (QED) is 0.627. The number of hydrogen-bond acceptors (Lipinski definition) is 4. The molecule has 160 valence electrons. The average molecular weight is 396 g/mol. The number of rotatable bonds is 6. The van der Waals surface area contributed by atoms with Crippen LogP contribution in [0.5, 0.6) is 0 Å². The lowest BCUT2D eigenvalue weighted by atomic mass is 9.96.